The molecule has 1 aromatic heterocycles. The average Bonchev–Trinajstić information content (AvgIpc) is 2.78. The molecule has 1 heterocycles. The molecular formula is C11H12ClN3O2. The Bertz CT molecular complexity index is 525. The molecule has 1 aromatic carbocycles. The summed E-state index contributed by atoms with van der Waals surface area (Å²) in [6.07, 6.45) is 0. The largest absolute Gasteiger partial charge is 0.496 e. The Morgan fingerprint density at radius 1 is 1.47 bits per heavy atom. The molecule has 0 bridgehead atoms. The topological polar surface area (TPSA) is 74.2 Å². The highest BCUT2D eigenvalue weighted by atomic mass is 35.5. The Hall–Kier alpha value is -1.59. The van der Waals surface area contributed by atoms with E-state index in [-0.39, 0.29) is 6.04 Å². The number of hydrogen-bond donors (Lipinski definition) is 1. The maximum Gasteiger partial charge on any atom is 0.243 e. The molecule has 17 heavy (non-hydrogen) atoms. The normalized spacial score (nSPS) is 12.5. The van der Waals surface area contributed by atoms with Crippen LogP contribution in [-0.4, -0.2) is 17.3 Å². The molecule has 0 aliphatic rings. The first-order chi connectivity index (χ1) is 8.11. The van der Waals surface area contributed by atoms with Crippen LogP contribution < -0.4 is 10.5 Å². The van der Waals surface area contributed by atoms with E-state index in [1.165, 1.54) is 0 Å². The van der Waals surface area contributed by atoms with Crippen LogP contribution >= 0.6 is 11.6 Å². The number of nitrogens with two attached hydrogens (primary N) is 1. The average molecular weight is 254 g/mol. The summed E-state index contributed by atoms with van der Waals surface area (Å²) in [7, 11) is 1.56. The van der Waals surface area contributed by atoms with Crippen molar-refractivity contribution in [3.8, 4) is 17.1 Å². The summed E-state index contributed by atoms with van der Waals surface area (Å²) in [6, 6.07) is 4.91. The molecule has 2 N–H and O–H groups in total. The monoisotopic (exact) mass is 253 g/mol. The van der Waals surface area contributed by atoms with Crippen LogP contribution in [0.2, 0.25) is 5.02 Å². The van der Waals surface area contributed by atoms with E-state index in [1.54, 1.807) is 32.2 Å². The second-order valence-electron chi connectivity index (χ2n) is 3.59. The number of halogens is 1. The molecule has 1 atom stereocenters. The van der Waals surface area contributed by atoms with Gasteiger partial charge in [-0.25, -0.2) is 0 Å². The van der Waals surface area contributed by atoms with Crippen molar-refractivity contribution in [2.75, 3.05) is 7.11 Å². The minimum absolute atomic E-state index is 0.297. The van der Waals surface area contributed by atoms with Gasteiger partial charge in [0.1, 0.15) is 5.75 Å². The summed E-state index contributed by atoms with van der Waals surface area (Å²) in [5, 5.41) is 4.44. The highest BCUT2D eigenvalue weighted by molar-refractivity contribution is 6.30. The number of ether oxygens (including phenoxy) is 1. The third kappa shape index (κ3) is 2.40. The third-order valence-electron chi connectivity index (χ3n) is 2.24. The van der Waals surface area contributed by atoms with Gasteiger partial charge < -0.3 is 15.0 Å². The minimum atomic E-state index is -0.297. The van der Waals surface area contributed by atoms with Gasteiger partial charge in [0, 0.05) is 5.02 Å². The van der Waals surface area contributed by atoms with Crippen molar-refractivity contribution >= 4 is 11.6 Å². The molecule has 0 aliphatic heterocycles. The highest BCUT2D eigenvalue weighted by Crippen LogP contribution is 2.30. The van der Waals surface area contributed by atoms with Gasteiger partial charge in [-0.2, -0.15) is 4.98 Å². The van der Waals surface area contributed by atoms with E-state index in [4.69, 9.17) is 26.6 Å². The Labute approximate surface area is 104 Å². The van der Waals surface area contributed by atoms with Crippen molar-refractivity contribution in [3.05, 3.63) is 29.1 Å². The molecule has 2 aromatic rings. The predicted octanol–water partition coefficient (Wildman–Crippen LogP) is 2.42. The number of benzene rings is 1. The first-order valence-corrected chi connectivity index (χ1v) is 5.42. The van der Waals surface area contributed by atoms with E-state index in [0.717, 1.165) is 0 Å². The van der Waals surface area contributed by atoms with Gasteiger partial charge in [-0.3, -0.25) is 0 Å². The maximum atomic E-state index is 5.87. The van der Waals surface area contributed by atoms with E-state index in [2.05, 4.69) is 10.1 Å². The van der Waals surface area contributed by atoms with Crippen LogP contribution in [0.15, 0.2) is 22.7 Å². The lowest BCUT2D eigenvalue weighted by Crippen LogP contribution is -2.04. The molecular weight excluding hydrogens is 242 g/mol. The second kappa shape index (κ2) is 4.73. The van der Waals surface area contributed by atoms with Crippen molar-refractivity contribution < 1.29 is 9.26 Å². The van der Waals surface area contributed by atoms with E-state index < -0.39 is 0 Å². The third-order valence-corrected chi connectivity index (χ3v) is 2.47. The summed E-state index contributed by atoms with van der Waals surface area (Å²) in [5.74, 6) is 1.41. The summed E-state index contributed by atoms with van der Waals surface area (Å²) in [6.45, 7) is 1.77. The van der Waals surface area contributed by atoms with Gasteiger partial charge >= 0.3 is 0 Å². The number of hydrogen-bond acceptors (Lipinski definition) is 5. The van der Waals surface area contributed by atoms with Crippen molar-refractivity contribution in [2.45, 2.75) is 13.0 Å². The molecule has 0 saturated heterocycles. The Kier molecular flexibility index (Phi) is 3.31. The van der Waals surface area contributed by atoms with Gasteiger partial charge in [-0.05, 0) is 25.1 Å². The fourth-order valence-electron chi connectivity index (χ4n) is 1.38. The number of rotatable bonds is 3. The van der Waals surface area contributed by atoms with Gasteiger partial charge in [-0.1, -0.05) is 16.8 Å². The first-order valence-electron chi connectivity index (χ1n) is 5.05. The zero-order valence-electron chi connectivity index (χ0n) is 9.48. The molecule has 0 aliphatic carbocycles. The summed E-state index contributed by atoms with van der Waals surface area (Å²) in [4.78, 5) is 4.19. The minimum Gasteiger partial charge on any atom is -0.496 e. The lowest BCUT2D eigenvalue weighted by atomic mass is 10.2. The maximum absolute atomic E-state index is 5.87. The van der Waals surface area contributed by atoms with Crippen molar-refractivity contribution in [1.82, 2.24) is 10.1 Å². The van der Waals surface area contributed by atoms with E-state index in [9.17, 15) is 0 Å². The quantitative estimate of drug-likeness (QED) is 0.909. The van der Waals surface area contributed by atoms with Crippen molar-refractivity contribution in [2.24, 2.45) is 5.73 Å². The van der Waals surface area contributed by atoms with E-state index >= 15 is 0 Å². The number of methoxy groups -OCH3 is 1. The fraction of sp³-hybridized carbons (Fsp3) is 0.273. The zero-order chi connectivity index (χ0) is 12.4. The summed E-state index contributed by atoms with van der Waals surface area (Å²) < 4.78 is 10.2. The molecule has 5 nitrogen and oxygen atoms in total. The molecule has 90 valence electrons. The van der Waals surface area contributed by atoms with Gasteiger partial charge in [0.15, 0.2) is 0 Å². The van der Waals surface area contributed by atoms with Crippen molar-refractivity contribution in [3.63, 3.8) is 0 Å². The molecule has 0 amide bonds. The van der Waals surface area contributed by atoms with Gasteiger partial charge in [0.2, 0.25) is 11.7 Å². The molecule has 2 rings (SSSR count). The molecule has 0 spiro atoms. The molecule has 0 fully saturated rings. The Morgan fingerprint density at radius 3 is 2.82 bits per heavy atom. The molecule has 6 heteroatoms. The van der Waals surface area contributed by atoms with Crippen LogP contribution in [0.1, 0.15) is 18.9 Å². The van der Waals surface area contributed by atoms with Gasteiger partial charge in [0.25, 0.3) is 0 Å². The summed E-state index contributed by atoms with van der Waals surface area (Å²) >= 11 is 5.87. The van der Waals surface area contributed by atoms with Crippen LogP contribution in [0.25, 0.3) is 11.4 Å². The van der Waals surface area contributed by atoms with E-state index in [0.29, 0.717) is 28.1 Å². The second-order valence-corrected chi connectivity index (χ2v) is 4.03. The van der Waals surface area contributed by atoms with E-state index in [1.807, 2.05) is 0 Å². The molecule has 0 radical (unpaired) electrons. The Morgan fingerprint density at radius 2 is 2.24 bits per heavy atom. The zero-order valence-corrected chi connectivity index (χ0v) is 10.2. The highest BCUT2D eigenvalue weighted by Gasteiger charge is 2.15. The standard InChI is InChI=1S/C11H12ClN3O2/c1-6(13)11-14-10(15-17-11)8-4-3-7(12)5-9(8)16-2/h3-6H,13H2,1-2H3. The SMILES string of the molecule is COc1cc(Cl)ccc1-c1noc(C(C)N)n1. The van der Waals surface area contributed by atoms with Crippen LogP contribution in [0, 0.1) is 0 Å². The van der Waals surface area contributed by atoms with Crippen LogP contribution in [0.3, 0.4) is 0 Å². The van der Waals surface area contributed by atoms with Gasteiger partial charge in [-0.15, -0.1) is 0 Å². The molecule has 0 saturated carbocycles. The van der Waals surface area contributed by atoms with Crippen LogP contribution in [0.4, 0.5) is 0 Å². The lowest BCUT2D eigenvalue weighted by molar-refractivity contribution is 0.361. The van der Waals surface area contributed by atoms with Crippen LogP contribution in [-0.2, 0) is 0 Å². The number of aromatic nitrogens is 2. The van der Waals surface area contributed by atoms with Crippen molar-refractivity contribution in [1.29, 1.82) is 0 Å². The Balaban J connectivity index is 2.44. The number of nitrogens with zero attached hydrogens (tertiary/aromatic N) is 2. The fourth-order valence-corrected chi connectivity index (χ4v) is 1.54. The van der Waals surface area contributed by atoms with Crippen LogP contribution in [0.5, 0.6) is 5.75 Å². The lowest BCUT2D eigenvalue weighted by Gasteiger charge is -2.04. The smallest absolute Gasteiger partial charge is 0.243 e. The predicted molar refractivity (Wildman–Crippen MR) is 63.9 cm³/mol. The first kappa shape index (κ1) is 11.9. The van der Waals surface area contributed by atoms with Gasteiger partial charge in [0.05, 0.1) is 18.7 Å². The molecule has 1 unspecified atom stereocenters. The summed E-state index contributed by atoms with van der Waals surface area (Å²) in [5.41, 5.74) is 6.37.